The first kappa shape index (κ1) is 13.4. The topological polar surface area (TPSA) is 24.9 Å². The van der Waals surface area contributed by atoms with Crippen LogP contribution in [0.5, 0.6) is 0 Å². The smallest absolute Gasteiger partial charge is 0.188 e. The standard InChI is InChI=1S/C13H7Br2ClN2S/c14-7-4-5-9-11(6-7)19-13(17-9)18-10-3-1-2-8(16)12(10)15/h1-6H,(H,17,18). The van der Waals surface area contributed by atoms with Gasteiger partial charge < -0.3 is 5.32 Å². The molecule has 3 rings (SSSR count). The van der Waals surface area contributed by atoms with E-state index in [9.17, 15) is 0 Å². The van der Waals surface area contributed by atoms with Crippen molar-refractivity contribution in [1.29, 1.82) is 0 Å². The lowest BCUT2D eigenvalue weighted by atomic mass is 10.3. The first-order valence-corrected chi connectivity index (χ1v) is 8.18. The molecular formula is C13H7Br2ClN2S. The van der Waals surface area contributed by atoms with Crippen molar-refractivity contribution in [1.82, 2.24) is 4.98 Å². The summed E-state index contributed by atoms with van der Waals surface area (Å²) in [5.41, 5.74) is 1.89. The minimum atomic E-state index is 0.675. The van der Waals surface area contributed by atoms with Gasteiger partial charge in [0.15, 0.2) is 5.13 Å². The molecule has 0 radical (unpaired) electrons. The van der Waals surface area contributed by atoms with E-state index in [-0.39, 0.29) is 0 Å². The predicted molar refractivity (Wildman–Crippen MR) is 89.8 cm³/mol. The third-order valence-electron chi connectivity index (χ3n) is 2.54. The Bertz CT molecular complexity index is 757. The summed E-state index contributed by atoms with van der Waals surface area (Å²) >= 11 is 14.6. The van der Waals surface area contributed by atoms with Gasteiger partial charge in [-0.05, 0) is 46.3 Å². The average molecular weight is 419 g/mol. The Kier molecular flexibility index (Phi) is 3.80. The van der Waals surface area contributed by atoms with E-state index in [4.69, 9.17) is 11.6 Å². The monoisotopic (exact) mass is 416 g/mol. The fourth-order valence-corrected chi connectivity index (χ4v) is 3.64. The molecule has 19 heavy (non-hydrogen) atoms. The molecule has 1 N–H and O–H groups in total. The first-order valence-electron chi connectivity index (χ1n) is 5.40. The lowest BCUT2D eigenvalue weighted by molar-refractivity contribution is 1.43. The van der Waals surface area contributed by atoms with Gasteiger partial charge in [-0.3, -0.25) is 0 Å². The van der Waals surface area contributed by atoms with E-state index in [1.807, 2.05) is 30.3 Å². The van der Waals surface area contributed by atoms with Gasteiger partial charge in [0.05, 0.1) is 25.4 Å². The summed E-state index contributed by atoms with van der Waals surface area (Å²) < 4.78 is 3.03. The van der Waals surface area contributed by atoms with E-state index in [1.165, 1.54) is 0 Å². The Balaban J connectivity index is 1.99. The van der Waals surface area contributed by atoms with Crippen molar-refractivity contribution < 1.29 is 0 Å². The molecule has 0 fully saturated rings. The van der Waals surface area contributed by atoms with Gasteiger partial charge in [0.2, 0.25) is 0 Å². The average Bonchev–Trinajstić information content (AvgIpc) is 2.76. The maximum Gasteiger partial charge on any atom is 0.188 e. The summed E-state index contributed by atoms with van der Waals surface area (Å²) in [6.07, 6.45) is 0. The van der Waals surface area contributed by atoms with E-state index in [0.717, 1.165) is 30.0 Å². The quantitative estimate of drug-likeness (QED) is 0.534. The van der Waals surface area contributed by atoms with Crippen molar-refractivity contribution in [3.8, 4) is 0 Å². The van der Waals surface area contributed by atoms with Crippen LogP contribution in [-0.2, 0) is 0 Å². The summed E-state index contributed by atoms with van der Waals surface area (Å²) in [7, 11) is 0. The number of nitrogens with one attached hydrogen (secondary N) is 1. The molecule has 6 heteroatoms. The van der Waals surface area contributed by atoms with Crippen LogP contribution in [0.3, 0.4) is 0 Å². The molecule has 0 bridgehead atoms. The van der Waals surface area contributed by atoms with Crippen LogP contribution in [0.15, 0.2) is 45.3 Å². The van der Waals surface area contributed by atoms with Gasteiger partial charge in [0.1, 0.15) is 0 Å². The maximum absolute atomic E-state index is 6.07. The van der Waals surface area contributed by atoms with E-state index in [1.54, 1.807) is 11.3 Å². The predicted octanol–water partition coefficient (Wildman–Crippen LogP) is 6.22. The van der Waals surface area contributed by atoms with Crippen LogP contribution >= 0.6 is 54.8 Å². The summed E-state index contributed by atoms with van der Waals surface area (Å²) in [4.78, 5) is 4.54. The molecule has 0 amide bonds. The number of aromatic nitrogens is 1. The Morgan fingerprint density at radius 1 is 1.16 bits per heavy atom. The Hall–Kier alpha value is -0.620. The second kappa shape index (κ2) is 5.40. The minimum absolute atomic E-state index is 0.675. The highest BCUT2D eigenvalue weighted by Crippen LogP contribution is 2.35. The largest absolute Gasteiger partial charge is 0.331 e. The zero-order valence-electron chi connectivity index (χ0n) is 9.45. The highest BCUT2D eigenvalue weighted by Gasteiger charge is 2.08. The fraction of sp³-hybridized carbons (Fsp3) is 0. The first-order chi connectivity index (χ1) is 9.13. The molecule has 0 saturated carbocycles. The highest BCUT2D eigenvalue weighted by molar-refractivity contribution is 9.11. The van der Waals surface area contributed by atoms with Gasteiger partial charge >= 0.3 is 0 Å². The molecule has 1 heterocycles. The molecule has 2 aromatic carbocycles. The van der Waals surface area contributed by atoms with Gasteiger partial charge in [-0.25, -0.2) is 4.98 Å². The van der Waals surface area contributed by atoms with Crippen molar-refractivity contribution in [3.63, 3.8) is 0 Å². The van der Waals surface area contributed by atoms with Crippen LogP contribution in [0.25, 0.3) is 10.2 Å². The molecule has 1 aromatic heterocycles. The number of thiazole rings is 1. The molecule has 0 spiro atoms. The van der Waals surface area contributed by atoms with Gasteiger partial charge in [0.25, 0.3) is 0 Å². The van der Waals surface area contributed by atoms with Crippen LogP contribution in [-0.4, -0.2) is 4.98 Å². The molecule has 0 unspecified atom stereocenters. The molecule has 0 aliphatic heterocycles. The van der Waals surface area contributed by atoms with E-state index < -0.39 is 0 Å². The van der Waals surface area contributed by atoms with Crippen molar-refractivity contribution in [2.24, 2.45) is 0 Å². The van der Waals surface area contributed by atoms with Gasteiger partial charge in [-0.2, -0.15) is 0 Å². The van der Waals surface area contributed by atoms with E-state index >= 15 is 0 Å². The lowest BCUT2D eigenvalue weighted by Crippen LogP contribution is -1.90. The Morgan fingerprint density at radius 3 is 2.84 bits per heavy atom. The normalized spacial score (nSPS) is 10.9. The molecule has 0 aliphatic carbocycles. The zero-order valence-corrected chi connectivity index (χ0v) is 14.2. The second-order valence-electron chi connectivity index (χ2n) is 3.86. The highest BCUT2D eigenvalue weighted by atomic mass is 79.9. The zero-order chi connectivity index (χ0) is 13.4. The summed E-state index contributed by atoms with van der Waals surface area (Å²) in [6, 6.07) is 11.7. The van der Waals surface area contributed by atoms with Crippen LogP contribution in [0, 0.1) is 0 Å². The van der Waals surface area contributed by atoms with Crippen LogP contribution in [0.2, 0.25) is 5.02 Å². The number of hydrogen-bond acceptors (Lipinski definition) is 3. The van der Waals surface area contributed by atoms with Crippen molar-refractivity contribution >= 4 is 75.8 Å². The molecule has 0 saturated heterocycles. The van der Waals surface area contributed by atoms with Crippen LogP contribution in [0.1, 0.15) is 0 Å². The Labute approximate surface area is 136 Å². The molecular weight excluding hydrogens is 411 g/mol. The number of nitrogens with zero attached hydrogens (tertiary/aromatic N) is 1. The van der Waals surface area contributed by atoms with Crippen molar-refractivity contribution in [3.05, 3.63) is 50.4 Å². The third kappa shape index (κ3) is 2.79. The number of rotatable bonds is 2. The van der Waals surface area contributed by atoms with Crippen molar-refractivity contribution in [2.45, 2.75) is 0 Å². The molecule has 3 aromatic rings. The molecule has 96 valence electrons. The molecule has 0 aliphatic rings. The maximum atomic E-state index is 6.07. The van der Waals surface area contributed by atoms with Gasteiger partial charge in [0, 0.05) is 4.47 Å². The lowest BCUT2D eigenvalue weighted by Gasteiger charge is -2.05. The number of benzene rings is 2. The van der Waals surface area contributed by atoms with E-state index in [0.29, 0.717) is 5.02 Å². The van der Waals surface area contributed by atoms with E-state index in [2.05, 4.69) is 48.2 Å². The molecule has 2 nitrogen and oxygen atoms in total. The summed E-state index contributed by atoms with van der Waals surface area (Å²) in [5, 5.41) is 4.80. The Morgan fingerprint density at radius 2 is 2.00 bits per heavy atom. The summed E-state index contributed by atoms with van der Waals surface area (Å²) in [6.45, 7) is 0. The minimum Gasteiger partial charge on any atom is -0.331 e. The number of halogens is 3. The number of anilines is 2. The van der Waals surface area contributed by atoms with Crippen LogP contribution in [0.4, 0.5) is 10.8 Å². The number of hydrogen-bond donors (Lipinski definition) is 1. The number of fused-ring (bicyclic) bond motifs is 1. The third-order valence-corrected chi connectivity index (χ3v) is 5.37. The second-order valence-corrected chi connectivity index (χ2v) is 7.00. The SMILES string of the molecule is Clc1cccc(Nc2nc3ccc(Br)cc3s2)c1Br. The van der Waals surface area contributed by atoms with Crippen molar-refractivity contribution in [2.75, 3.05) is 5.32 Å². The van der Waals surface area contributed by atoms with Gasteiger partial charge in [-0.15, -0.1) is 0 Å². The molecule has 0 atom stereocenters. The summed E-state index contributed by atoms with van der Waals surface area (Å²) in [5.74, 6) is 0. The van der Waals surface area contributed by atoms with Crippen LogP contribution < -0.4 is 5.32 Å². The fourth-order valence-electron chi connectivity index (χ4n) is 1.67. The van der Waals surface area contributed by atoms with Gasteiger partial charge in [-0.1, -0.05) is 44.9 Å².